The first-order valence-electron chi connectivity index (χ1n) is 5.72. The predicted octanol–water partition coefficient (Wildman–Crippen LogP) is 2.61. The third kappa shape index (κ3) is 2.14. The van der Waals surface area contributed by atoms with Crippen molar-refractivity contribution in [2.45, 2.75) is 12.5 Å². The molecule has 6 nitrogen and oxygen atoms in total. The summed E-state index contributed by atoms with van der Waals surface area (Å²) in [4.78, 5) is 20.6. The summed E-state index contributed by atoms with van der Waals surface area (Å²) >= 11 is 8.28. The molecule has 0 saturated carbocycles. The van der Waals surface area contributed by atoms with Gasteiger partial charge in [0.2, 0.25) is 0 Å². The van der Waals surface area contributed by atoms with Crippen molar-refractivity contribution in [2.24, 2.45) is 0 Å². The molecule has 1 aliphatic rings. The van der Waals surface area contributed by atoms with Gasteiger partial charge in [0, 0.05) is 22.9 Å². The lowest BCUT2D eigenvalue weighted by Gasteiger charge is -2.14. The van der Waals surface area contributed by atoms with Gasteiger partial charge in [-0.2, -0.15) is 0 Å². The zero-order valence-electron chi connectivity index (χ0n) is 9.75. The number of nitrogens with zero attached hydrogens (tertiary/aromatic N) is 4. The van der Waals surface area contributed by atoms with E-state index in [4.69, 9.17) is 16.7 Å². The minimum Gasteiger partial charge on any atom is -0.465 e. The van der Waals surface area contributed by atoms with Gasteiger partial charge in [-0.3, -0.25) is 0 Å². The number of aromatic nitrogens is 3. The Kier molecular flexibility index (Phi) is 3.25. The van der Waals surface area contributed by atoms with E-state index in [1.165, 1.54) is 11.2 Å². The Morgan fingerprint density at radius 3 is 3.00 bits per heavy atom. The van der Waals surface area contributed by atoms with Crippen LogP contribution in [0.1, 0.15) is 12.5 Å². The van der Waals surface area contributed by atoms with E-state index in [9.17, 15) is 4.79 Å². The highest BCUT2D eigenvalue weighted by molar-refractivity contribution is 14.1. The maximum absolute atomic E-state index is 11.0. The Bertz CT molecular complexity index is 659. The number of rotatable bonds is 1. The average Bonchev–Trinajstić information content (AvgIpc) is 2.95. The molecule has 1 N–H and O–H groups in total. The SMILES string of the molecule is O=C(O)N1CCC(n2cc(I)c3c(Cl)ncnc32)C1. The Morgan fingerprint density at radius 2 is 2.32 bits per heavy atom. The molecule has 1 fully saturated rings. The van der Waals surface area contributed by atoms with E-state index >= 15 is 0 Å². The number of hydrogen-bond donors (Lipinski definition) is 1. The number of fused-ring (bicyclic) bond motifs is 1. The second-order valence-electron chi connectivity index (χ2n) is 4.42. The van der Waals surface area contributed by atoms with Crippen LogP contribution in [-0.2, 0) is 0 Å². The minimum atomic E-state index is -0.874. The molecule has 2 aromatic rings. The number of halogens is 2. The first-order valence-corrected chi connectivity index (χ1v) is 7.18. The normalized spacial score (nSPS) is 19.3. The zero-order chi connectivity index (χ0) is 13.6. The van der Waals surface area contributed by atoms with Gasteiger partial charge >= 0.3 is 6.09 Å². The summed E-state index contributed by atoms with van der Waals surface area (Å²) in [5.41, 5.74) is 0.765. The van der Waals surface area contributed by atoms with Crippen molar-refractivity contribution in [1.82, 2.24) is 19.4 Å². The lowest BCUT2D eigenvalue weighted by molar-refractivity contribution is 0.154. The molecule has 2 aromatic heterocycles. The molecule has 0 aliphatic carbocycles. The van der Waals surface area contributed by atoms with Gasteiger partial charge in [0.05, 0.1) is 11.4 Å². The molecule has 1 atom stereocenters. The molecule has 1 saturated heterocycles. The van der Waals surface area contributed by atoms with Gasteiger partial charge in [0.15, 0.2) is 0 Å². The fraction of sp³-hybridized carbons (Fsp3) is 0.364. The first-order chi connectivity index (χ1) is 9.08. The van der Waals surface area contributed by atoms with Crippen molar-refractivity contribution in [1.29, 1.82) is 0 Å². The van der Waals surface area contributed by atoms with Crippen LogP contribution in [0.25, 0.3) is 11.0 Å². The molecule has 1 aliphatic heterocycles. The van der Waals surface area contributed by atoms with Gasteiger partial charge in [-0.05, 0) is 29.0 Å². The fourth-order valence-corrected chi connectivity index (χ4v) is 3.61. The third-order valence-corrected chi connectivity index (χ3v) is 4.45. The third-order valence-electron chi connectivity index (χ3n) is 3.34. The van der Waals surface area contributed by atoms with Gasteiger partial charge in [0.1, 0.15) is 17.1 Å². The summed E-state index contributed by atoms with van der Waals surface area (Å²) in [7, 11) is 0. The van der Waals surface area contributed by atoms with Crippen molar-refractivity contribution < 1.29 is 9.90 Å². The van der Waals surface area contributed by atoms with Crippen LogP contribution in [0, 0.1) is 3.57 Å². The van der Waals surface area contributed by atoms with Crippen molar-refractivity contribution >= 4 is 51.3 Å². The molecule has 0 bridgehead atoms. The molecule has 0 spiro atoms. The van der Waals surface area contributed by atoms with E-state index in [1.807, 2.05) is 10.8 Å². The van der Waals surface area contributed by atoms with Gasteiger partial charge in [-0.15, -0.1) is 0 Å². The first kappa shape index (κ1) is 12.9. The maximum atomic E-state index is 11.0. The van der Waals surface area contributed by atoms with E-state index in [-0.39, 0.29) is 6.04 Å². The summed E-state index contributed by atoms with van der Waals surface area (Å²) in [6, 6.07) is 0.105. The average molecular weight is 393 g/mol. The van der Waals surface area contributed by atoms with Crippen LogP contribution < -0.4 is 0 Å². The Morgan fingerprint density at radius 1 is 1.53 bits per heavy atom. The van der Waals surface area contributed by atoms with Crippen LogP contribution in [0.3, 0.4) is 0 Å². The quantitative estimate of drug-likeness (QED) is 0.598. The topological polar surface area (TPSA) is 71.2 Å². The lowest BCUT2D eigenvalue weighted by Crippen LogP contribution is -2.27. The standard InChI is InChI=1S/C11H10ClIN4O2/c12-9-8-7(13)4-17(10(8)15-5-14-9)6-1-2-16(3-6)11(18)19/h4-6H,1-3H2,(H,18,19). The van der Waals surface area contributed by atoms with E-state index in [1.54, 1.807) is 0 Å². The van der Waals surface area contributed by atoms with Crippen molar-refractivity contribution in [3.8, 4) is 0 Å². The van der Waals surface area contributed by atoms with Crippen LogP contribution in [0.5, 0.6) is 0 Å². The van der Waals surface area contributed by atoms with Gasteiger partial charge < -0.3 is 14.6 Å². The molecular weight excluding hydrogens is 383 g/mol. The molecule has 3 rings (SSSR count). The summed E-state index contributed by atoms with van der Waals surface area (Å²) in [6.07, 6.45) is 3.30. The second-order valence-corrected chi connectivity index (χ2v) is 5.94. The van der Waals surface area contributed by atoms with Gasteiger partial charge in [-0.1, -0.05) is 11.6 Å². The lowest BCUT2D eigenvalue weighted by atomic mass is 10.2. The van der Waals surface area contributed by atoms with Crippen molar-refractivity contribution in [3.05, 3.63) is 21.2 Å². The van der Waals surface area contributed by atoms with E-state index < -0.39 is 6.09 Å². The van der Waals surface area contributed by atoms with Crippen LogP contribution in [-0.4, -0.2) is 43.7 Å². The highest BCUT2D eigenvalue weighted by atomic mass is 127. The second kappa shape index (κ2) is 4.78. The number of carboxylic acid groups (broad SMARTS) is 1. The molecule has 0 aromatic carbocycles. The van der Waals surface area contributed by atoms with Gasteiger partial charge in [-0.25, -0.2) is 14.8 Å². The maximum Gasteiger partial charge on any atom is 0.407 e. The zero-order valence-corrected chi connectivity index (χ0v) is 12.7. The fourth-order valence-electron chi connectivity index (χ4n) is 2.43. The highest BCUT2D eigenvalue weighted by Gasteiger charge is 2.28. The van der Waals surface area contributed by atoms with E-state index in [2.05, 4.69) is 32.6 Å². The smallest absolute Gasteiger partial charge is 0.407 e. The Hall–Kier alpha value is -1.09. The molecule has 8 heteroatoms. The molecule has 19 heavy (non-hydrogen) atoms. The number of carbonyl (C=O) groups is 1. The molecule has 1 unspecified atom stereocenters. The number of likely N-dealkylation sites (tertiary alicyclic amines) is 1. The van der Waals surface area contributed by atoms with E-state index in [0.717, 1.165) is 21.0 Å². The van der Waals surface area contributed by atoms with Crippen LogP contribution in [0.2, 0.25) is 5.15 Å². The van der Waals surface area contributed by atoms with Crippen LogP contribution in [0.4, 0.5) is 4.79 Å². The molecule has 1 amide bonds. The van der Waals surface area contributed by atoms with Crippen molar-refractivity contribution in [2.75, 3.05) is 13.1 Å². The predicted molar refractivity (Wildman–Crippen MR) is 78.5 cm³/mol. The molecule has 3 heterocycles. The summed E-state index contributed by atoms with van der Waals surface area (Å²) in [6.45, 7) is 1.03. The number of hydrogen-bond acceptors (Lipinski definition) is 3. The monoisotopic (exact) mass is 392 g/mol. The summed E-state index contributed by atoms with van der Waals surface area (Å²) in [5, 5.41) is 10.3. The highest BCUT2D eigenvalue weighted by Crippen LogP contribution is 2.31. The van der Waals surface area contributed by atoms with Crippen LogP contribution >= 0.6 is 34.2 Å². The molecule has 0 radical (unpaired) electrons. The molecular formula is C11H10ClIN4O2. The van der Waals surface area contributed by atoms with E-state index in [0.29, 0.717) is 18.2 Å². The minimum absolute atomic E-state index is 0.105. The van der Waals surface area contributed by atoms with Crippen LogP contribution in [0.15, 0.2) is 12.5 Å². The largest absolute Gasteiger partial charge is 0.465 e. The Balaban J connectivity index is 2.03. The van der Waals surface area contributed by atoms with Crippen molar-refractivity contribution in [3.63, 3.8) is 0 Å². The number of amides is 1. The molecule has 100 valence electrons. The summed E-state index contributed by atoms with van der Waals surface area (Å²) in [5.74, 6) is 0. The Labute approximate surface area is 127 Å². The van der Waals surface area contributed by atoms with Gasteiger partial charge in [0.25, 0.3) is 0 Å². The summed E-state index contributed by atoms with van der Waals surface area (Å²) < 4.78 is 2.99.